The van der Waals surface area contributed by atoms with Gasteiger partial charge in [-0.3, -0.25) is 0 Å². The van der Waals surface area contributed by atoms with Gasteiger partial charge in [-0.05, 0) is 18.6 Å². The maximum Gasteiger partial charge on any atom is 0.387 e. The van der Waals surface area contributed by atoms with E-state index in [2.05, 4.69) is 4.74 Å². The Morgan fingerprint density at radius 3 is 2.23 bits per heavy atom. The van der Waals surface area contributed by atoms with Gasteiger partial charge in [0.05, 0.1) is 0 Å². The molecule has 0 aliphatic heterocycles. The zero-order chi connectivity index (χ0) is 10.0. The van der Waals surface area contributed by atoms with Crippen LogP contribution in [0.1, 0.15) is 5.56 Å². The number of ether oxygens (including phenoxy) is 1. The molecular formula is C8H6F4O. The van der Waals surface area contributed by atoms with Gasteiger partial charge in [-0.2, -0.15) is 8.78 Å². The average molecular weight is 194 g/mol. The highest BCUT2D eigenvalue weighted by atomic mass is 19.3. The Labute approximate surface area is 71.9 Å². The lowest BCUT2D eigenvalue weighted by Crippen LogP contribution is -2.04. The SMILES string of the molecule is Cc1cc(F)c(F)cc1OC(F)F. The number of hydrogen-bond acceptors (Lipinski definition) is 1. The molecule has 1 nitrogen and oxygen atoms in total. The lowest BCUT2D eigenvalue weighted by atomic mass is 10.2. The summed E-state index contributed by atoms with van der Waals surface area (Å²) in [4.78, 5) is 0. The fraction of sp³-hybridized carbons (Fsp3) is 0.250. The first-order valence-corrected chi connectivity index (χ1v) is 3.41. The summed E-state index contributed by atoms with van der Waals surface area (Å²) in [6.45, 7) is -1.69. The van der Waals surface area contributed by atoms with Gasteiger partial charge < -0.3 is 4.74 Å². The predicted octanol–water partition coefficient (Wildman–Crippen LogP) is 2.87. The molecule has 1 aromatic rings. The van der Waals surface area contributed by atoms with Crippen molar-refractivity contribution in [3.8, 4) is 5.75 Å². The van der Waals surface area contributed by atoms with Gasteiger partial charge in [0, 0.05) is 6.07 Å². The van der Waals surface area contributed by atoms with Crippen molar-refractivity contribution in [3.05, 3.63) is 29.3 Å². The van der Waals surface area contributed by atoms with Gasteiger partial charge in [0.1, 0.15) is 5.75 Å². The van der Waals surface area contributed by atoms with E-state index < -0.39 is 18.2 Å². The second-order valence-electron chi connectivity index (χ2n) is 2.41. The summed E-state index contributed by atoms with van der Waals surface area (Å²) in [6, 6.07) is 1.39. The molecule has 0 radical (unpaired) electrons. The molecule has 0 unspecified atom stereocenters. The molecular weight excluding hydrogens is 188 g/mol. The predicted molar refractivity (Wildman–Crippen MR) is 37.7 cm³/mol. The van der Waals surface area contributed by atoms with Crippen LogP contribution in [0.2, 0.25) is 0 Å². The zero-order valence-electron chi connectivity index (χ0n) is 6.65. The van der Waals surface area contributed by atoms with E-state index in [9.17, 15) is 17.6 Å². The van der Waals surface area contributed by atoms with E-state index in [1.54, 1.807) is 0 Å². The number of hydrogen-bond donors (Lipinski definition) is 0. The van der Waals surface area contributed by atoms with Crippen LogP contribution >= 0.6 is 0 Å². The lowest BCUT2D eigenvalue weighted by Gasteiger charge is -2.07. The molecule has 0 aliphatic carbocycles. The summed E-state index contributed by atoms with van der Waals surface area (Å²) in [5.41, 5.74) is 0.124. The molecule has 0 spiro atoms. The van der Waals surface area contributed by atoms with Crippen molar-refractivity contribution in [2.24, 2.45) is 0 Å². The van der Waals surface area contributed by atoms with E-state index >= 15 is 0 Å². The summed E-state index contributed by atoms with van der Waals surface area (Å²) < 4.78 is 52.3. The number of halogens is 4. The van der Waals surface area contributed by atoms with Crippen LogP contribution in [0.15, 0.2) is 12.1 Å². The minimum atomic E-state index is -3.04. The van der Waals surface area contributed by atoms with E-state index in [4.69, 9.17) is 0 Å². The Kier molecular flexibility index (Phi) is 2.75. The molecule has 72 valence electrons. The van der Waals surface area contributed by atoms with Crippen molar-refractivity contribution in [3.63, 3.8) is 0 Å². The largest absolute Gasteiger partial charge is 0.434 e. The van der Waals surface area contributed by atoms with Crippen molar-refractivity contribution in [2.75, 3.05) is 0 Å². The zero-order valence-corrected chi connectivity index (χ0v) is 6.65. The first-order valence-electron chi connectivity index (χ1n) is 3.41. The first-order chi connectivity index (χ1) is 6.00. The van der Waals surface area contributed by atoms with Crippen molar-refractivity contribution in [1.29, 1.82) is 0 Å². The number of aryl methyl sites for hydroxylation is 1. The second kappa shape index (κ2) is 3.64. The molecule has 0 saturated carbocycles. The maximum absolute atomic E-state index is 12.5. The summed E-state index contributed by atoms with van der Waals surface area (Å²) >= 11 is 0. The monoisotopic (exact) mass is 194 g/mol. The second-order valence-corrected chi connectivity index (χ2v) is 2.41. The van der Waals surface area contributed by atoms with Crippen LogP contribution in [0.3, 0.4) is 0 Å². The first kappa shape index (κ1) is 9.83. The summed E-state index contributed by atoms with van der Waals surface area (Å²) in [5.74, 6) is -2.64. The molecule has 0 aromatic heterocycles. The third kappa shape index (κ3) is 2.34. The highest BCUT2D eigenvalue weighted by Crippen LogP contribution is 2.22. The van der Waals surface area contributed by atoms with Gasteiger partial charge in [-0.25, -0.2) is 8.78 Å². The fourth-order valence-electron chi connectivity index (χ4n) is 0.851. The lowest BCUT2D eigenvalue weighted by molar-refractivity contribution is -0.0505. The molecule has 5 heteroatoms. The van der Waals surface area contributed by atoms with Crippen LogP contribution in [0.4, 0.5) is 17.6 Å². The minimum Gasteiger partial charge on any atom is -0.434 e. The minimum absolute atomic E-state index is 0.124. The van der Waals surface area contributed by atoms with E-state index in [1.807, 2.05) is 0 Å². The van der Waals surface area contributed by atoms with E-state index in [0.29, 0.717) is 6.07 Å². The Bertz CT molecular complexity index is 311. The quantitative estimate of drug-likeness (QED) is 0.657. The average Bonchev–Trinajstić information content (AvgIpc) is 1.99. The van der Waals surface area contributed by atoms with E-state index in [1.165, 1.54) is 6.92 Å². The van der Waals surface area contributed by atoms with Gasteiger partial charge in [0.2, 0.25) is 0 Å². The smallest absolute Gasteiger partial charge is 0.387 e. The fourth-order valence-corrected chi connectivity index (χ4v) is 0.851. The normalized spacial score (nSPS) is 10.6. The Balaban J connectivity index is 3.01. The maximum atomic E-state index is 12.5. The van der Waals surface area contributed by atoms with Crippen LogP contribution in [-0.4, -0.2) is 6.61 Å². The third-order valence-corrected chi connectivity index (χ3v) is 1.43. The Morgan fingerprint density at radius 1 is 1.15 bits per heavy atom. The van der Waals surface area contributed by atoms with Gasteiger partial charge in [-0.1, -0.05) is 0 Å². The van der Waals surface area contributed by atoms with Crippen LogP contribution < -0.4 is 4.74 Å². The van der Waals surface area contributed by atoms with Crippen molar-refractivity contribution in [2.45, 2.75) is 13.5 Å². The van der Waals surface area contributed by atoms with Gasteiger partial charge in [0.25, 0.3) is 0 Å². The summed E-state index contributed by atoms with van der Waals surface area (Å²) in [6.07, 6.45) is 0. The van der Waals surface area contributed by atoms with Crippen molar-refractivity contribution >= 4 is 0 Å². The Hall–Kier alpha value is -1.26. The van der Waals surface area contributed by atoms with Crippen LogP contribution in [0, 0.1) is 18.6 Å². The van der Waals surface area contributed by atoms with Gasteiger partial charge >= 0.3 is 6.61 Å². The number of benzene rings is 1. The topological polar surface area (TPSA) is 9.23 Å². The molecule has 0 N–H and O–H groups in total. The van der Waals surface area contributed by atoms with Crippen molar-refractivity contribution in [1.82, 2.24) is 0 Å². The molecule has 0 bridgehead atoms. The van der Waals surface area contributed by atoms with Crippen LogP contribution in [0.25, 0.3) is 0 Å². The van der Waals surface area contributed by atoms with Gasteiger partial charge in [0.15, 0.2) is 11.6 Å². The van der Waals surface area contributed by atoms with Crippen LogP contribution in [0.5, 0.6) is 5.75 Å². The third-order valence-electron chi connectivity index (χ3n) is 1.43. The molecule has 0 amide bonds. The molecule has 13 heavy (non-hydrogen) atoms. The van der Waals surface area contributed by atoms with Gasteiger partial charge in [-0.15, -0.1) is 0 Å². The van der Waals surface area contributed by atoms with E-state index in [-0.39, 0.29) is 11.3 Å². The highest BCUT2D eigenvalue weighted by Gasteiger charge is 2.11. The summed E-state index contributed by atoms with van der Waals surface area (Å²) in [5, 5.41) is 0. The van der Waals surface area contributed by atoms with Crippen molar-refractivity contribution < 1.29 is 22.3 Å². The molecule has 0 saturated heterocycles. The highest BCUT2D eigenvalue weighted by molar-refractivity contribution is 5.33. The van der Waals surface area contributed by atoms with Crippen LogP contribution in [-0.2, 0) is 0 Å². The molecule has 0 heterocycles. The molecule has 0 fully saturated rings. The molecule has 0 atom stereocenters. The number of rotatable bonds is 2. The van der Waals surface area contributed by atoms with E-state index in [0.717, 1.165) is 6.07 Å². The Morgan fingerprint density at radius 2 is 1.69 bits per heavy atom. The molecule has 0 aliphatic rings. The molecule has 1 aromatic carbocycles. The molecule has 1 rings (SSSR count). The summed E-state index contributed by atoms with van der Waals surface area (Å²) in [7, 11) is 0. The number of alkyl halides is 2. The standard InChI is InChI=1S/C8H6F4O/c1-4-2-5(9)6(10)3-7(4)13-8(11)12/h2-3,8H,1H3.